The molecule has 10 rings (SSSR count). The first-order valence-corrected chi connectivity index (χ1v) is 14.0. The average Bonchev–Trinajstić information content (AvgIpc) is 3.77. The van der Waals surface area contributed by atoms with Gasteiger partial charge in [-0.15, -0.1) is 0 Å². The van der Waals surface area contributed by atoms with E-state index in [1.165, 1.54) is 0 Å². The van der Waals surface area contributed by atoms with Crippen LogP contribution in [0.4, 0.5) is 0 Å². The zero-order valence-corrected chi connectivity index (χ0v) is 23.5. The fourth-order valence-corrected chi connectivity index (χ4v) is 5.91. The molecule has 0 radical (unpaired) electrons. The smallest absolute Gasteiger partial charge is 0.136 e. The highest BCUT2D eigenvalue weighted by Gasteiger charge is 2.22. The van der Waals surface area contributed by atoms with Crippen molar-refractivity contribution < 1.29 is 41.4 Å². The van der Waals surface area contributed by atoms with Gasteiger partial charge in [-0.3, -0.25) is 0 Å². The highest BCUT2D eigenvalue weighted by molar-refractivity contribution is 6.27. The van der Waals surface area contributed by atoms with Gasteiger partial charge in [-0.25, -0.2) is 0 Å². The number of para-hydroxylation sites is 1. The summed E-state index contributed by atoms with van der Waals surface area (Å²) in [5.41, 5.74) is -5.42. The molecule has 9 aromatic carbocycles. The Morgan fingerprint density at radius 1 is 0.362 bits per heavy atom. The van der Waals surface area contributed by atoms with Crippen LogP contribution in [0.15, 0.2) is 174 Å². The molecule has 0 fully saturated rings. The minimum atomic E-state index is -1.01. The van der Waals surface area contributed by atoms with Gasteiger partial charge in [0.25, 0.3) is 0 Å². The topological polar surface area (TPSA) is 13.1 Å². The summed E-state index contributed by atoms with van der Waals surface area (Å²) in [4.78, 5) is 0. The van der Waals surface area contributed by atoms with Crippen molar-refractivity contribution in [3.05, 3.63) is 169 Å². The maximum atomic E-state index is 9.79. The lowest BCUT2D eigenvalue weighted by Crippen LogP contribution is -1.94. The molecule has 0 aliphatic carbocycles. The Labute approximate surface area is 309 Å². The lowest BCUT2D eigenvalue weighted by atomic mass is 9.82. The number of fused-ring (bicyclic) bond motifs is 7. The molecule has 1 aromatic heterocycles. The van der Waals surface area contributed by atoms with E-state index in [0.29, 0.717) is 0 Å². The second-order valence-corrected chi connectivity index (χ2v) is 10.3. The van der Waals surface area contributed by atoms with Crippen molar-refractivity contribution in [3.8, 4) is 33.4 Å². The standard InChI is InChI=1S/C46H28O/c1-3-13-31-27-33(25-23-29(31)11-1)43-35-15-5-6-16-36(35)44(34-26-24-30-12-2-4-14-32(30)28-34)46-38(18-9-20-40(43)46)37-19-10-22-42-45(37)39-17-7-8-21-41(39)47-42/h1-28H/i1D,2D,3D,4D,5D,6D,7D,8D,9D,10D,11D,12D,13D,14D,15D,16D,17D,19D,20D,21D,22D,23D,24D,25D,26D,27D,28D. The van der Waals surface area contributed by atoms with Crippen molar-refractivity contribution in [2.24, 2.45) is 0 Å². The van der Waals surface area contributed by atoms with Gasteiger partial charge in [0.15, 0.2) is 0 Å². The maximum absolute atomic E-state index is 9.79. The third kappa shape index (κ3) is 3.97. The van der Waals surface area contributed by atoms with E-state index < -0.39 is 262 Å². The Bertz CT molecular complexity index is 4390. The quantitative estimate of drug-likeness (QED) is 0.178. The van der Waals surface area contributed by atoms with Crippen LogP contribution in [-0.4, -0.2) is 0 Å². The fourth-order valence-electron chi connectivity index (χ4n) is 5.91. The lowest BCUT2D eigenvalue weighted by molar-refractivity contribution is 0.669. The zero-order valence-electron chi connectivity index (χ0n) is 50.5. The molecule has 1 heteroatoms. The average molecular weight is 624 g/mol. The van der Waals surface area contributed by atoms with Crippen LogP contribution in [0.2, 0.25) is 0 Å². The molecule has 1 nitrogen and oxygen atoms in total. The van der Waals surface area contributed by atoms with Crippen molar-refractivity contribution in [3.63, 3.8) is 0 Å². The van der Waals surface area contributed by atoms with Gasteiger partial charge in [0, 0.05) is 10.8 Å². The molecule has 0 amide bonds. The predicted octanol–water partition coefficient (Wildman–Crippen LogP) is 13.2. The molecular weight excluding hydrogens is 569 g/mol. The first-order chi connectivity index (χ1) is 34.6. The molecular formula is C46H28O. The summed E-state index contributed by atoms with van der Waals surface area (Å²) in [5.74, 6) is 0. The van der Waals surface area contributed by atoms with Crippen molar-refractivity contribution >= 4 is 65.0 Å². The molecule has 47 heavy (non-hydrogen) atoms. The number of benzene rings is 9. The minimum absolute atomic E-state index is 0.469. The summed E-state index contributed by atoms with van der Waals surface area (Å²) in [6.45, 7) is 0. The van der Waals surface area contributed by atoms with Gasteiger partial charge in [0.05, 0.1) is 37.0 Å². The second-order valence-electron chi connectivity index (χ2n) is 10.3. The molecule has 218 valence electrons. The normalized spacial score (nSPS) is 19.9. The zero-order chi connectivity index (χ0) is 54.4. The van der Waals surface area contributed by atoms with Gasteiger partial charge >= 0.3 is 0 Å². The van der Waals surface area contributed by atoms with Crippen molar-refractivity contribution in [1.29, 1.82) is 0 Å². The van der Waals surface area contributed by atoms with E-state index in [1.807, 2.05) is 0 Å². The monoisotopic (exact) mass is 623 g/mol. The second kappa shape index (κ2) is 10.2. The first kappa shape index (κ1) is 11.0. The molecule has 0 unspecified atom stereocenters. The molecule has 0 bridgehead atoms. The van der Waals surface area contributed by atoms with Crippen molar-refractivity contribution in [2.45, 2.75) is 0 Å². The van der Waals surface area contributed by atoms with Crippen LogP contribution in [-0.2, 0) is 0 Å². The van der Waals surface area contributed by atoms with Crippen LogP contribution in [0.5, 0.6) is 0 Å². The Hall–Kier alpha value is -6.18. The Kier molecular flexibility index (Phi) is 2.37. The number of hydrogen-bond donors (Lipinski definition) is 0. The lowest BCUT2D eigenvalue weighted by Gasteiger charge is -2.21. The number of hydrogen-bond acceptors (Lipinski definition) is 1. The summed E-state index contributed by atoms with van der Waals surface area (Å²) in [5, 5.41) is -6.35. The van der Waals surface area contributed by atoms with Gasteiger partial charge in [-0.1, -0.05) is 145 Å². The summed E-state index contributed by atoms with van der Waals surface area (Å²) < 4.78 is 251. The fraction of sp³-hybridized carbons (Fsp3) is 0. The Morgan fingerprint density at radius 3 is 1.64 bits per heavy atom. The SMILES string of the molecule is [2H]c1cc(-c2c([2H])c([2H])c([2H])c3oc4c([2H])c([2H])c([2H])c([2H])c4c23)c2c(-c3c([2H])c([2H])c4c([2H])c([2H])c([2H])c([2H])c4c3[2H])c3c([2H])c([2H])c([2H])c([2H])c3c(-c3c([2H])c([2H])c4c([2H])c([2H])c([2H])c([2H])c4c3[2H])c2c1[2H]. The third-order valence-corrected chi connectivity index (χ3v) is 7.84. The highest BCUT2D eigenvalue weighted by Crippen LogP contribution is 2.49. The maximum Gasteiger partial charge on any atom is 0.136 e. The number of furan rings is 1. The molecule has 0 N–H and O–H groups in total. The van der Waals surface area contributed by atoms with E-state index in [4.69, 9.17) is 26.3 Å². The molecule has 0 spiro atoms. The molecule has 0 atom stereocenters. The van der Waals surface area contributed by atoms with Gasteiger partial charge in [-0.05, 0) is 101 Å². The molecule has 0 aliphatic heterocycles. The van der Waals surface area contributed by atoms with Crippen molar-refractivity contribution in [1.82, 2.24) is 0 Å². The van der Waals surface area contributed by atoms with Gasteiger partial charge in [0.1, 0.15) is 11.2 Å². The van der Waals surface area contributed by atoms with Crippen LogP contribution in [0.1, 0.15) is 37.0 Å². The van der Waals surface area contributed by atoms with E-state index in [2.05, 4.69) is 0 Å². The molecule has 0 saturated heterocycles. The van der Waals surface area contributed by atoms with E-state index >= 15 is 0 Å². The van der Waals surface area contributed by atoms with Gasteiger partial charge in [0.2, 0.25) is 0 Å². The summed E-state index contributed by atoms with van der Waals surface area (Å²) >= 11 is 0. The Balaban J connectivity index is 1.64. The van der Waals surface area contributed by atoms with Gasteiger partial charge in [-0.2, -0.15) is 0 Å². The minimum Gasteiger partial charge on any atom is -0.456 e. The number of rotatable bonds is 3. The van der Waals surface area contributed by atoms with Crippen LogP contribution in [0, 0.1) is 0 Å². The predicted molar refractivity (Wildman–Crippen MR) is 200 cm³/mol. The summed E-state index contributed by atoms with van der Waals surface area (Å²) in [7, 11) is 0. The first-order valence-electron chi connectivity index (χ1n) is 27.5. The Morgan fingerprint density at radius 2 is 0.915 bits per heavy atom. The molecule has 1 heterocycles. The van der Waals surface area contributed by atoms with E-state index in [1.54, 1.807) is 0 Å². The van der Waals surface area contributed by atoms with E-state index in [-0.39, 0.29) is 0 Å². The largest absolute Gasteiger partial charge is 0.456 e. The van der Waals surface area contributed by atoms with E-state index in [0.717, 1.165) is 6.07 Å². The summed E-state index contributed by atoms with van der Waals surface area (Å²) in [6, 6.07) is -23.3. The summed E-state index contributed by atoms with van der Waals surface area (Å²) in [6.07, 6.45) is 0. The van der Waals surface area contributed by atoms with E-state index in [9.17, 15) is 15.1 Å². The van der Waals surface area contributed by atoms with Crippen LogP contribution >= 0.6 is 0 Å². The highest BCUT2D eigenvalue weighted by atomic mass is 16.3. The van der Waals surface area contributed by atoms with Gasteiger partial charge < -0.3 is 4.42 Å². The van der Waals surface area contributed by atoms with Crippen LogP contribution in [0.3, 0.4) is 0 Å². The van der Waals surface area contributed by atoms with Crippen molar-refractivity contribution in [2.75, 3.05) is 0 Å². The third-order valence-electron chi connectivity index (χ3n) is 7.84. The molecule has 0 saturated carbocycles. The molecule has 10 aromatic rings. The molecule has 0 aliphatic rings. The van der Waals surface area contributed by atoms with Crippen LogP contribution in [0.25, 0.3) is 98.4 Å². The van der Waals surface area contributed by atoms with Crippen LogP contribution < -0.4 is 0 Å².